The average molecular weight is 505 g/mol. The zero-order chi connectivity index (χ0) is 25.1. The first kappa shape index (κ1) is 23.7. The predicted octanol–water partition coefficient (Wildman–Crippen LogP) is 5.74. The van der Waals surface area contributed by atoms with E-state index in [-0.39, 0.29) is 17.0 Å². The summed E-state index contributed by atoms with van der Waals surface area (Å²) in [5.74, 6) is -1.01. The molecule has 0 radical (unpaired) electrons. The summed E-state index contributed by atoms with van der Waals surface area (Å²) < 4.78 is 19.8. The number of hydrogen-bond acceptors (Lipinski definition) is 5. The number of carbonyl (C=O) groups excluding carboxylic acids is 2. The van der Waals surface area contributed by atoms with Crippen LogP contribution in [0.4, 0.5) is 26.2 Å². The molecule has 2 N–H and O–H groups in total. The van der Waals surface area contributed by atoms with Crippen molar-refractivity contribution in [1.29, 1.82) is 0 Å². The average Bonchev–Trinajstić information content (AvgIpc) is 2.89. The molecule has 1 fully saturated rings. The molecule has 0 atom stereocenters. The van der Waals surface area contributed by atoms with E-state index in [0.29, 0.717) is 29.5 Å². The first-order valence-corrected chi connectivity index (χ1v) is 11.7. The Labute approximate surface area is 211 Å². The number of pyridine rings is 1. The van der Waals surface area contributed by atoms with Gasteiger partial charge in [0.15, 0.2) is 5.78 Å². The number of nitrogens with one attached hydrogen (secondary N) is 2. The van der Waals surface area contributed by atoms with Crippen LogP contribution in [-0.4, -0.2) is 43.1 Å². The molecule has 36 heavy (non-hydrogen) atoms. The van der Waals surface area contributed by atoms with Gasteiger partial charge in [-0.25, -0.2) is 9.18 Å². The number of morpholine rings is 1. The lowest BCUT2D eigenvalue weighted by atomic mass is 10.0. The van der Waals surface area contributed by atoms with Crippen molar-refractivity contribution in [2.75, 3.05) is 41.8 Å². The van der Waals surface area contributed by atoms with Gasteiger partial charge in [-0.1, -0.05) is 11.6 Å². The van der Waals surface area contributed by atoms with Crippen molar-refractivity contribution >= 4 is 51.4 Å². The molecule has 0 bridgehead atoms. The van der Waals surface area contributed by atoms with Crippen molar-refractivity contribution in [2.45, 2.75) is 0 Å². The summed E-state index contributed by atoms with van der Waals surface area (Å²) in [5.41, 5.74) is 2.90. The van der Waals surface area contributed by atoms with Crippen molar-refractivity contribution < 1.29 is 18.7 Å². The van der Waals surface area contributed by atoms with Crippen LogP contribution in [0.25, 0.3) is 10.9 Å². The third-order valence-corrected chi connectivity index (χ3v) is 6.08. The second-order valence-electron chi connectivity index (χ2n) is 8.34. The number of halogens is 2. The molecular formula is C27H22ClFN4O3. The van der Waals surface area contributed by atoms with Gasteiger partial charge in [0.1, 0.15) is 5.82 Å². The molecular weight excluding hydrogens is 483 g/mol. The van der Waals surface area contributed by atoms with Crippen LogP contribution in [0.2, 0.25) is 5.02 Å². The standard InChI is InChI=1S/C27H22ClFN4O3/c28-20-2-4-22(5-3-20)31-27(35)32-23-13-19(12-21(29)15-23)26(34)17-1-6-25-18(11-17)14-24(16-30-25)33-7-9-36-10-8-33/h1-6,11-16H,7-10H2,(H2,31,32,35). The number of amides is 2. The minimum atomic E-state index is -0.639. The normalized spacial score (nSPS) is 13.4. The van der Waals surface area contributed by atoms with Crippen LogP contribution >= 0.6 is 11.6 Å². The van der Waals surface area contributed by atoms with Crippen LogP contribution in [0.1, 0.15) is 15.9 Å². The van der Waals surface area contributed by atoms with E-state index in [1.807, 2.05) is 12.3 Å². The monoisotopic (exact) mass is 504 g/mol. The Morgan fingerprint density at radius 3 is 2.42 bits per heavy atom. The highest BCUT2D eigenvalue weighted by molar-refractivity contribution is 6.30. The summed E-state index contributed by atoms with van der Waals surface area (Å²) >= 11 is 5.86. The lowest BCUT2D eigenvalue weighted by Gasteiger charge is -2.28. The molecule has 182 valence electrons. The minimum Gasteiger partial charge on any atom is -0.378 e. The minimum absolute atomic E-state index is 0.119. The number of ether oxygens (including phenoxy) is 1. The van der Waals surface area contributed by atoms with Crippen molar-refractivity contribution in [3.8, 4) is 0 Å². The molecule has 0 spiro atoms. The number of aromatic nitrogens is 1. The number of benzene rings is 3. The fourth-order valence-corrected chi connectivity index (χ4v) is 4.17. The van der Waals surface area contributed by atoms with Gasteiger partial charge in [0.2, 0.25) is 0 Å². The first-order valence-electron chi connectivity index (χ1n) is 11.4. The summed E-state index contributed by atoms with van der Waals surface area (Å²) in [6.07, 6.45) is 1.81. The van der Waals surface area contributed by atoms with Crippen LogP contribution in [0, 0.1) is 5.82 Å². The smallest absolute Gasteiger partial charge is 0.323 e. The zero-order valence-electron chi connectivity index (χ0n) is 19.1. The Balaban J connectivity index is 1.36. The number of fused-ring (bicyclic) bond motifs is 1. The van der Waals surface area contributed by atoms with Crippen LogP contribution in [0.15, 0.2) is 72.9 Å². The second kappa shape index (κ2) is 10.3. The lowest BCUT2D eigenvalue weighted by molar-refractivity contribution is 0.103. The van der Waals surface area contributed by atoms with E-state index in [1.165, 1.54) is 6.07 Å². The quantitative estimate of drug-likeness (QED) is 0.339. The fourth-order valence-electron chi connectivity index (χ4n) is 4.04. The molecule has 4 aromatic rings. The van der Waals surface area contributed by atoms with Gasteiger partial charge in [0, 0.05) is 46.0 Å². The van der Waals surface area contributed by atoms with Gasteiger partial charge >= 0.3 is 6.03 Å². The maximum Gasteiger partial charge on any atom is 0.323 e. The lowest BCUT2D eigenvalue weighted by Crippen LogP contribution is -2.36. The van der Waals surface area contributed by atoms with E-state index in [2.05, 4.69) is 20.5 Å². The van der Waals surface area contributed by atoms with Crippen LogP contribution in [0.5, 0.6) is 0 Å². The Morgan fingerprint density at radius 2 is 1.64 bits per heavy atom. The zero-order valence-corrected chi connectivity index (χ0v) is 19.9. The molecule has 1 aliphatic heterocycles. The van der Waals surface area contributed by atoms with Gasteiger partial charge in [-0.3, -0.25) is 9.78 Å². The number of urea groups is 1. The van der Waals surface area contributed by atoms with Gasteiger partial charge in [0.25, 0.3) is 0 Å². The summed E-state index contributed by atoms with van der Waals surface area (Å²) in [6, 6.07) is 16.9. The molecule has 7 nitrogen and oxygen atoms in total. The number of nitrogens with zero attached hydrogens (tertiary/aromatic N) is 2. The first-order chi connectivity index (χ1) is 17.4. The van der Waals surface area contributed by atoms with E-state index in [1.54, 1.807) is 42.5 Å². The number of ketones is 1. The van der Waals surface area contributed by atoms with Gasteiger partial charge in [-0.2, -0.15) is 0 Å². The Morgan fingerprint density at radius 1 is 0.889 bits per heavy atom. The molecule has 1 aliphatic rings. The second-order valence-corrected chi connectivity index (χ2v) is 8.78. The molecule has 0 aliphatic carbocycles. The molecule has 1 saturated heterocycles. The van der Waals surface area contributed by atoms with Crippen LogP contribution in [0.3, 0.4) is 0 Å². The molecule has 0 unspecified atom stereocenters. The van der Waals surface area contributed by atoms with E-state index < -0.39 is 11.8 Å². The van der Waals surface area contributed by atoms with E-state index in [9.17, 15) is 14.0 Å². The molecule has 5 rings (SSSR count). The van der Waals surface area contributed by atoms with Gasteiger partial charge < -0.3 is 20.3 Å². The third-order valence-electron chi connectivity index (χ3n) is 5.83. The fraction of sp³-hybridized carbons (Fsp3) is 0.148. The summed E-state index contributed by atoms with van der Waals surface area (Å²) in [4.78, 5) is 32.3. The molecule has 2 amide bonds. The summed E-state index contributed by atoms with van der Waals surface area (Å²) in [6.45, 7) is 2.86. The maximum atomic E-state index is 14.4. The van der Waals surface area contributed by atoms with Crippen molar-refractivity contribution in [3.63, 3.8) is 0 Å². The number of hydrogen-bond donors (Lipinski definition) is 2. The van der Waals surface area contributed by atoms with Gasteiger partial charge in [0.05, 0.1) is 30.6 Å². The van der Waals surface area contributed by atoms with Crippen molar-refractivity contribution in [2.24, 2.45) is 0 Å². The highest BCUT2D eigenvalue weighted by Crippen LogP contribution is 2.24. The highest BCUT2D eigenvalue weighted by atomic mass is 35.5. The molecule has 3 aromatic carbocycles. The Bertz CT molecular complexity index is 1440. The van der Waals surface area contributed by atoms with E-state index in [4.69, 9.17) is 16.3 Å². The Hall–Kier alpha value is -4.01. The predicted molar refractivity (Wildman–Crippen MR) is 139 cm³/mol. The third kappa shape index (κ3) is 5.45. The number of carbonyl (C=O) groups is 2. The van der Waals surface area contributed by atoms with Gasteiger partial charge in [-0.05, 0) is 66.7 Å². The van der Waals surface area contributed by atoms with Crippen LogP contribution < -0.4 is 15.5 Å². The molecule has 9 heteroatoms. The molecule has 2 heterocycles. The topological polar surface area (TPSA) is 83.6 Å². The van der Waals surface area contributed by atoms with Crippen LogP contribution in [-0.2, 0) is 4.74 Å². The Kier molecular flexibility index (Phi) is 6.79. The van der Waals surface area contributed by atoms with E-state index in [0.717, 1.165) is 41.8 Å². The SMILES string of the molecule is O=C(Nc1ccc(Cl)cc1)Nc1cc(F)cc(C(=O)c2ccc3ncc(N4CCOCC4)cc3c2)c1. The van der Waals surface area contributed by atoms with Crippen molar-refractivity contribution in [1.82, 2.24) is 4.98 Å². The number of rotatable bonds is 5. The highest BCUT2D eigenvalue weighted by Gasteiger charge is 2.16. The summed E-state index contributed by atoms with van der Waals surface area (Å²) in [5, 5.41) is 6.55. The summed E-state index contributed by atoms with van der Waals surface area (Å²) in [7, 11) is 0. The molecule has 1 aromatic heterocycles. The maximum absolute atomic E-state index is 14.4. The van der Waals surface area contributed by atoms with Crippen molar-refractivity contribution in [3.05, 3.63) is 94.9 Å². The number of anilines is 3. The van der Waals surface area contributed by atoms with E-state index >= 15 is 0 Å². The molecule has 0 saturated carbocycles. The van der Waals surface area contributed by atoms with Gasteiger partial charge in [-0.15, -0.1) is 0 Å². The largest absolute Gasteiger partial charge is 0.378 e.